The summed E-state index contributed by atoms with van der Waals surface area (Å²) in [5, 5.41) is 9.27. The molecule has 0 aliphatic rings. The maximum atomic E-state index is 5.72. The zero-order chi connectivity index (χ0) is 13.6. The molecule has 0 saturated carbocycles. The van der Waals surface area contributed by atoms with E-state index in [4.69, 9.17) is 5.73 Å². The number of nitrogens with two attached hydrogens (primary N) is 1. The van der Waals surface area contributed by atoms with Crippen LogP contribution in [0.3, 0.4) is 0 Å². The van der Waals surface area contributed by atoms with Crippen molar-refractivity contribution in [2.24, 2.45) is 11.1 Å². The van der Waals surface area contributed by atoms with Crippen molar-refractivity contribution in [3.63, 3.8) is 0 Å². The lowest BCUT2D eigenvalue weighted by Gasteiger charge is -2.21. The van der Waals surface area contributed by atoms with Crippen molar-refractivity contribution in [1.82, 2.24) is 10.2 Å². The van der Waals surface area contributed by atoms with Gasteiger partial charge in [0.15, 0.2) is 4.34 Å². The Morgan fingerprint density at radius 1 is 1.28 bits per heavy atom. The molecule has 6 heteroatoms. The molecule has 104 valence electrons. The van der Waals surface area contributed by atoms with Crippen LogP contribution in [-0.4, -0.2) is 36.6 Å². The van der Waals surface area contributed by atoms with Gasteiger partial charge in [0, 0.05) is 19.8 Å². The number of nitrogens with zero attached hydrogens (tertiary/aromatic N) is 3. The van der Waals surface area contributed by atoms with E-state index in [1.165, 1.54) is 19.3 Å². The average Bonchev–Trinajstić information content (AvgIpc) is 2.77. The first-order valence-corrected chi connectivity index (χ1v) is 8.08. The highest BCUT2D eigenvalue weighted by atomic mass is 32.2. The van der Waals surface area contributed by atoms with Crippen molar-refractivity contribution in [1.29, 1.82) is 0 Å². The number of anilines is 1. The van der Waals surface area contributed by atoms with Gasteiger partial charge in [0.2, 0.25) is 5.13 Å². The molecule has 0 aromatic carbocycles. The van der Waals surface area contributed by atoms with Gasteiger partial charge in [-0.3, -0.25) is 0 Å². The molecule has 18 heavy (non-hydrogen) atoms. The Bertz CT molecular complexity index is 350. The van der Waals surface area contributed by atoms with Crippen molar-refractivity contribution < 1.29 is 0 Å². The Balaban J connectivity index is 2.18. The van der Waals surface area contributed by atoms with Gasteiger partial charge in [-0.25, -0.2) is 0 Å². The van der Waals surface area contributed by atoms with E-state index < -0.39 is 0 Å². The molecule has 1 rings (SSSR count). The first kappa shape index (κ1) is 15.7. The molecule has 1 aromatic heterocycles. The quantitative estimate of drug-likeness (QED) is 0.589. The van der Waals surface area contributed by atoms with E-state index in [1.807, 2.05) is 19.0 Å². The summed E-state index contributed by atoms with van der Waals surface area (Å²) in [5.41, 5.74) is 6.00. The van der Waals surface area contributed by atoms with Crippen LogP contribution in [0.5, 0.6) is 0 Å². The zero-order valence-electron chi connectivity index (χ0n) is 11.8. The zero-order valence-corrected chi connectivity index (χ0v) is 13.4. The van der Waals surface area contributed by atoms with Crippen LogP contribution in [0, 0.1) is 5.41 Å². The van der Waals surface area contributed by atoms with E-state index in [9.17, 15) is 0 Å². The van der Waals surface area contributed by atoms with Crippen LogP contribution < -0.4 is 10.6 Å². The van der Waals surface area contributed by atoms with Gasteiger partial charge in [0.1, 0.15) is 0 Å². The number of unbranched alkanes of at least 4 members (excludes halogenated alkanes) is 1. The predicted molar refractivity (Wildman–Crippen MR) is 81.6 cm³/mol. The summed E-state index contributed by atoms with van der Waals surface area (Å²) in [4.78, 5) is 1.99. The third kappa shape index (κ3) is 5.54. The highest BCUT2D eigenvalue weighted by molar-refractivity contribution is 8.01. The summed E-state index contributed by atoms with van der Waals surface area (Å²) in [6.07, 6.45) is 3.64. The highest BCUT2D eigenvalue weighted by Crippen LogP contribution is 2.28. The van der Waals surface area contributed by atoms with Crippen molar-refractivity contribution in [2.75, 3.05) is 31.3 Å². The number of hydrogen-bond acceptors (Lipinski definition) is 6. The van der Waals surface area contributed by atoms with Gasteiger partial charge < -0.3 is 10.6 Å². The standard InChI is InChI=1S/C12H24N4S2/c1-12(2,9-13)7-5-6-8-17-11-15-14-10(18-11)16(3)4/h5-9,13H2,1-4H3. The molecule has 0 unspecified atom stereocenters. The Kier molecular flexibility index (Phi) is 6.38. The number of hydrogen-bond donors (Lipinski definition) is 1. The summed E-state index contributed by atoms with van der Waals surface area (Å²) in [6.45, 7) is 5.23. The van der Waals surface area contributed by atoms with Crippen LogP contribution in [0.2, 0.25) is 0 Å². The fraction of sp³-hybridized carbons (Fsp3) is 0.833. The molecule has 0 aliphatic carbocycles. The summed E-state index contributed by atoms with van der Waals surface area (Å²) < 4.78 is 1.07. The average molecular weight is 288 g/mol. The van der Waals surface area contributed by atoms with Crippen molar-refractivity contribution >= 4 is 28.2 Å². The van der Waals surface area contributed by atoms with Crippen LogP contribution >= 0.6 is 23.1 Å². The van der Waals surface area contributed by atoms with Crippen LogP contribution in [-0.2, 0) is 0 Å². The molecule has 4 nitrogen and oxygen atoms in total. The van der Waals surface area contributed by atoms with Crippen molar-refractivity contribution in [3.05, 3.63) is 0 Å². The van der Waals surface area contributed by atoms with Gasteiger partial charge in [-0.05, 0) is 24.8 Å². The molecule has 0 saturated heterocycles. The smallest absolute Gasteiger partial charge is 0.208 e. The fourth-order valence-corrected chi connectivity index (χ4v) is 3.24. The van der Waals surface area contributed by atoms with E-state index in [0.29, 0.717) is 0 Å². The van der Waals surface area contributed by atoms with Gasteiger partial charge in [-0.2, -0.15) is 0 Å². The molecule has 0 bridgehead atoms. The van der Waals surface area contributed by atoms with Gasteiger partial charge in [-0.1, -0.05) is 43.4 Å². The second-order valence-corrected chi connectivity index (χ2v) is 7.72. The highest BCUT2D eigenvalue weighted by Gasteiger charge is 2.14. The maximum absolute atomic E-state index is 5.72. The van der Waals surface area contributed by atoms with Gasteiger partial charge in [0.05, 0.1) is 0 Å². The molecule has 2 N–H and O–H groups in total. The van der Waals surface area contributed by atoms with E-state index in [2.05, 4.69) is 24.0 Å². The Hall–Kier alpha value is -0.330. The Labute approximate surface area is 118 Å². The number of rotatable bonds is 8. The molecule has 0 atom stereocenters. The first-order valence-electron chi connectivity index (χ1n) is 6.28. The molecule has 0 radical (unpaired) electrons. The molecule has 0 spiro atoms. The molecule has 0 amide bonds. The first-order chi connectivity index (χ1) is 8.44. The molecular weight excluding hydrogens is 264 g/mol. The van der Waals surface area contributed by atoms with E-state index in [0.717, 1.165) is 21.8 Å². The lowest BCUT2D eigenvalue weighted by Crippen LogP contribution is -2.23. The minimum absolute atomic E-state index is 0.283. The Morgan fingerprint density at radius 2 is 2.00 bits per heavy atom. The van der Waals surface area contributed by atoms with Crippen molar-refractivity contribution in [3.8, 4) is 0 Å². The molecular formula is C12H24N4S2. The summed E-state index contributed by atoms with van der Waals surface area (Å²) in [7, 11) is 3.98. The summed E-state index contributed by atoms with van der Waals surface area (Å²) >= 11 is 3.46. The van der Waals surface area contributed by atoms with Crippen molar-refractivity contribution in [2.45, 2.75) is 37.4 Å². The second-order valence-electron chi connectivity index (χ2n) is 5.42. The Morgan fingerprint density at radius 3 is 2.56 bits per heavy atom. The summed E-state index contributed by atoms with van der Waals surface area (Å²) in [6, 6.07) is 0. The molecule has 0 fully saturated rings. The number of thioether (sulfide) groups is 1. The lowest BCUT2D eigenvalue weighted by molar-refractivity contribution is 0.336. The topological polar surface area (TPSA) is 55.0 Å². The monoisotopic (exact) mass is 288 g/mol. The second kappa shape index (κ2) is 7.31. The fourth-order valence-electron chi connectivity index (χ4n) is 1.41. The van der Waals surface area contributed by atoms with Crippen LogP contribution in [0.4, 0.5) is 5.13 Å². The molecule has 1 aromatic rings. The molecule has 1 heterocycles. The maximum Gasteiger partial charge on any atom is 0.208 e. The largest absolute Gasteiger partial charge is 0.353 e. The van der Waals surface area contributed by atoms with Gasteiger partial charge in [-0.15, -0.1) is 10.2 Å². The predicted octanol–water partition coefficient (Wildman–Crippen LogP) is 2.85. The third-order valence-corrected chi connectivity index (χ3v) is 5.11. The normalized spacial score (nSPS) is 11.8. The number of aromatic nitrogens is 2. The minimum Gasteiger partial charge on any atom is -0.353 e. The SMILES string of the molecule is CN(C)c1nnc(SCCCCC(C)(C)CN)s1. The van der Waals surface area contributed by atoms with E-state index in [1.54, 1.807) is 23.1 Å². The van der Waals surface area contributed by atoms with E-state index in [-0.39, 0.29) is 5.41 Å². The molecule has 0 aliphatic heterocycles. The lowest BCUT2D eigenvalue weighted by atomic mass is 9.88. The van der Waals surface area contributed by atoms with Crippen LogP contribution in [0.15, 0.2) is 4.34 Å². The third-order valence-electron chi connectivity index (χ3n) is 2.80. The van der Waals surface area contributed by atoms with Crippen LogP contribution in [0.25, 0.3) is 0 Å². The summed E-state index contributed by atoms with van der Waals surface area (Å²) in [5.74, 6) is 1.11. The minimum atomic E-state index is 0.283. The van der Waals surface area contributed by atoms with Gasteiger partial charge in [0.25, 0.3) is 0 Å². The van der Waals surface area contributed by atoms with Crippen LogP contribution in [0.1, 0.15) is 33.1 Å². The van der Waals surface area contributed by atoms with Gasteiger partial charge >= 0.3 is 0 Å². The van der Waals surface area contributed by atoms with E-state index >= 15 is 0 Å².